The molecule has 1 nitrogen and oxygen atoms in total. The summed E-state index contributed by atoms with van der Waals surface area (Å²) in [5, 5.41) is 1.87. The van der Waals surface area contributed by atoms with E-state index < -0.39 is 0 Å². The number of Topliss-reactive ketones (excluding diaryl/α,β-unsaturated/α-hetero) is 1. The highest BCUT2D eigenvalue weighted by Crippen LogP contribution is 2.15. The summed E-state index contributed by atoms with van der Waals surface area (Å²) in [6, 6.07) is 1.86. The SMILES string of the molecule is CC(=O)c1sccc1C#CCS. The zero-order chi connectivity index (χ0) is 8.97. The molecule has 3 heteroatoms. The molecule has 1 aromatic rings. The third-order valence-electron chi connectivity index (χ3n) is 1.29. The standard InChI is InChI=1S/C9H8OS2/c1-7(10)9-8(3-2-5-11)4-6-12-9/h4,6,11H,5H2,1H3. The van der Waals surface area contributed by atoms with Crippen LogP contribution in [0.2, 0.25) is 0 Å². The van der Waals surface area contributed by atoms with Gasteiger partial charge in [0, 0.05) is 5.56 Å². The van der Waals surface area contributed by atoms with Gasteiger partial charge >= 0.3 is 0 Å². The van der Waals surface area contributed by atoms with Crippen molar-refractivity contribution in [1.29, 1.82) is 0 Å². The van der Waals surface area contributed by atoms with Gasteiger partial charge in [0.25, 0.3) is 0 Å². The molecule has 0 aromatic carbocycles. The molecule has 0 radical (unpaired) electrons. The van der Waals surface area contributed by atoms with E-state index in [-0.39, 0.29) is 5.78 Å². The predicted octanol–water partition coefficient (Wildman–Crippen LogP) is 2.23. The lowest BCUT2D eigenvalue weighted by molar-refractivity contribution is 0.102. The molecule has 12 heavy (non-hydrogen) atoms. The highest BCUT2D eigenvalue weighted by molar-refractivity contribution is 7.80. The Labute approximate surface area is 81.2 Å². The summed E-state index contributed by atoms with van der Waals surface area (Å²) in [5.41, 5.74) is 0.821. The molecule has 0 aliphatic carbocycles. The smallest absolute Gasteiger partial charge is 0.170 e. The monoisotopic (exact) mass is 196 g/mol. The molecule has 0 unspecified atom stereocenters. The van der Waals surface area contributed by atoms with Crippen molar-refractivity contribution in [2.75, 3.05) is 5.75 Å². The van der Waals surface area contributed by atoms with Gasteiger partial charge in [0.15, 0.2) is 5.78 Å². The Morgan fingerprint density at radius 2 is 2.50 bits per heavy atom. The molecule has 0 atom stereocenters. The van der Waals surface area contributed by atoms with E-state index in [0.717, 1.165) is 10.4 Å². The number of hydrogen-bond donors (Lipinski definition) is 1. The van der Waals surface area contributed by atoms with Gasteiger partial charge in [-0.25, -0.2) is 0 Å². The first-order chi connectivity index (χ1) is 5.75. The maximum Gasteiger partial charge on any atom is 0.170 e. The molecule has 0 fully saturated rings. The third kappa shape index (κ3) is 2.13. The van der Waals surface area contributed by atoms with Crippen molar-refractivity contribution in [1.82, 2.24) is 0 Å². The third-order valence-corrected chi connectivity index (χ3v) is 2.46. The van der Waals surface area contributed by atoms with Crippen molar-refractivity contribution in [3.05, 3.63) is 21.9 Å². The number of thiophene rings is 1. The van der Waals surface area contributed by atoms with Crippen LogP contribution in [0.1, 0.15) is 22.2 Å². The average Bonchev–Trinajstić information content (AvgIpc) is 2.48. The minimum atomic E-state index is 0.0773. The van der Waals surface area contributed by atoms with Crippen molar-refractivity contribution in [3.63, 3.8) is 0 Å². The Hall–Kier alpha value is -0.720. The Morgan fingerprint density at radius 1 is 1.75 bits per heavy atom. The van der Waals surface area contributed by atoms with Gasteiger partial charge in [-0.15, -0.1) is 11.3 Å². The number of carbonyl (C=O) groups is 1. The Balaban J connectivity index is 2.99. The van der Waals surface area contributed by atoms with Gasteiger partial charge in [0.2, 0.25) is 0 Å². The Bertz CT molecular complexity index is 341. The van der Waals surface area contributed by atoms with Crippen LogP contribution in [0.15, 0.2) is 11.4 Å². The summed E-state index contributed by atoms with van der Waals surface area (Å²) in [4.78, 5) is 11.8. The van der Waals surface area contributed by atoms with Gasteiger partial charge in [-0.2, -0.15) is 12.6 Å². The molecule has 0 aliphatic rings. The fourth-order valence-corrected chi connectivity index (χ4v) is 1.65. The average molecular weight is 196 g/mol. The largest absolute Gasteiger partial charge is 0.294 e. The van der Waals surface area contributed by atoms with Gasteiger partial charge in [-0.1, -0.05) is 11.8 Å². The summed E-state index contributed by atoms with van der Waals surface area (Å²) in [6.45, 7) is 1.55. The highest BCUT2D eigenvalue weighted by Gasteiger charge is 2.05. The molecule has 0 saturated carbocycles. The molecule has 0 saturated heterocycles. The van der Waals surface area contributed by atoms with Crippen LogP contribution in [0, 0.1) is 11.8 Å². The number of thiol groups is 1. The molecule has 0 spiro atoms. The van der Waals surface area contributed by atoms with Crippen molar-refractivity contribution < 1.29 is 4.79 Å². The van der Waals surface area contributed by atoms with Gasteiger partial charge in [-0.3, -0.25) is 4.79 Å². The van der Waals surface area contributed by atoms with Crippen LogP contribution in [0.3, 0.4) is 0 Å². The number of carbonyl (C=O) groups excluding carboxylic acids is 1. The first-order valence-corrected chi connectivity index (χ1v) is 4.95. The van der Waals surface area contributed by atoms with Crippen LogP contribution < -0.4 is 0 Å². The van der Waals surface area contributed by atoms with E-state index in [9.17, 15) is 4.79 Å². The summed E-state index contributed by atoms with van der Waals surface area (Å²) >= 11 is 5.39. The maximum absolute atomic E-state index is 11.0. The zero-order valence-electron chi connectivity index (χ0n) is 6.63. The quantitative estimate of drug-likeness (QED) is 0.414. The molecule has 0 amide bonds. The molecule has 1 rings (SSSR count). The Morgan fingerprint density at radius 3 is 3.08 bits per heavy atom. The summed E-state index contributed by atoms with van der Waals surface area (Å²) in [7, 11) is 0. The minimum absolute atomic E-state index is 0.0773. The second-order valence-corrected chi connectivity index (χ2v) is 3.41. The highest BCUT2D eigenvalue weighted by atomic mass is 32.1. The normalized spacial score (nSPS) is 8.83. The van der Waals surface area contributed by atoms with Gasteiger partial charge in [-0.05, 0) is 18.4 Å². The zero-order valence-corrected chi connectivity index (χ0v) is 8.34. The topological polar surface area (TPSA) is 17.1 Å². The van der Waals surface area contributed by atoms with Crippen LogP contribution in [-0.2, 0) is 0 Å². The van der Waals surface area contributed by atoms with E-state index in [1.165, 1.54) is 11.3 Å². The fraction of sp³-hybridized carbons (Fsp3) is 0.222. The van der Waals surface area contributed by atoms with Crippen LogP contribution in [0.25, 0.3) is 0 Å². The summed E-state index contributed by atoms with van der Waals surface area (Å²) < 4.78 is 0. The van der Waals surface area contributed by atoms with E-state index in [2.05, 4.69) is 24.5 Å². The molecular weight excluding hydrogens is 188 g/mol. The van der Waals surface area contributed by atoms with E-state index in [0.29, 0.717) is 5.75 Å². The lowest BCUT2D eigenvalue weighted by atomic mass is 10.2. The van der Waals surface area contributed by atoms with Crippen molar-refractivity contribution >= 4 is 29.7 Å². The van der Waals surface area contributed by atoms with E-state index >= 15 is 0 Å². The summed E-state index contributed by atoms with van der Waals surface area (Å²) in [6.07, 6.45) is 0. The second kappa shape index (κ2) is 4.34. The minimum Gasteiger partial charge on any atom is -0.294 e. The van der Waals surface area contributed by atoms with Gasteiger partial charge < -0.3 is 0 Å². The van der Waals surface area contributed by atoms with E-state index in [4.69, 9.17) is 0 Å². The molecule has 1 heterocycles. The predicted molar refractivity (Wildman–Crippen MR) is 55.1 cm³/mol. The van der Waals surface area contributed by atoms with E-state index in [1.807, 2.05) is 11.4 Å². The fourth-order valence-electron chi connectivity index (χ4n) is 0.815. The molecule has 0 N–H and O–H groups in total. The number of rotatable bonds is 1. The molecule has 1 aromatic heterocycles. The molecular formula is C9H8OS2. The maximum atomic E-state index is 11.0. The molecule has 0 aliphatic heterocycles. The van der Waals surface area contributed by atoms with Crippen LogP contribution >= 0.6 is 24.0 Å². The van der Waals surface area contributed by atoms with Crippen LogP contribution in [0.5, 0.6) is 0 Å². The van der Waals surface area contributed by atoms with Gasteiger partial charge in [0.1, 0.15) is 0 Å². The van der Waals surface area contributed by atoms with Crippen molar-refractivity contribution in [2.24, 2.45) is 0 Å². The lowest BCUT2D eigenvalue weighted by Gasteiger charge is -1.88. The van der Waals surface area contributed by atoms with Gasteiger partial charge in [0.05, 0.1) is 10.6 Å². The first kappa shape index (κ1) is 9.37. The Kier molecular flexibility index (Phi) is 3.39. The van der Waals surface area contributed by atoms with Crippen LogP contribution in [-0.4, -0.2) is 11.5 Å². The number of ketones is 1. The van der Waals surface area contributed by atoms with Crippen molar-refractivity contribution in [2.45, 2.75) is 6.92 Å². The lowest BCUT2D eigenvalue weighted by Crippen LogP contribution is -1.89. The van der Waals surface area contributed by atoms with Crippen LogP contribution in [0.4, 0.5) is 0 Å². The summed E-state index contributed by atoms with van der Waals surface area (Å²) in [5.74, 6) is 6.30. The first-order valence-electron chi connectivity index (χ1n) is 3.44. The second-order valence-electron chi connectivity index (χ2n) is 2.18. The molecule has 0 bridgehead atoms. The van der Waals surface area contributed by atoms with E-state index in [1.54, 1.807) is 6.92 Å². The number of hydrogen-bond acceptors (Lipinski definition) is 3. The molecule has 62 valence electrons. The van der Waals surface area contributed by atoms with Crippen molar-refractivity contribution in [3.8, 4) is 11.8 Å².